The summed E-state index contributed by atoms with van der Waals surface area (Å²) in [5, 5.41) is 3.74. The zero-order valence-corrected chi connectivity index (χ0v) is 15.0. The Balaban J connectivity index is 1.94. The molecule has 26 heavy (non-hydrogen) atoms. The Hall–Kier alpha value is -3.05. The van der Waals surface area contributed by atoms with E-state index >= 15 is 0 Å². The first-order valence-corrected chi connectivity index (χ1v) is 8.47. The van der Waals surface area contributed by atoms with Crippen molar-refractivity contribution in [1.82, 2.24) is 14.6 Å². The number of aromatic nitrogens is 3. The number of aromatic amines is 1. The molecule has 0 aliphatic rings. The molecule has 2 aromatic carbocycles. The van der Waals surface area contributed by atoms with E-state index in [4.69, 9.17) is 21.3 Å². The maximum Gasteiger partial charge on any atom is 0.273 e. The van der Waals surface area contributed by atoms with E-state index in [-0.39, 0.29) is 5.56 Å². The summed E-state index contributed by atoms with van der Waals surface area (Å²) in [5.74, 6) is 0.776. The molecule has 0 atom stereocenters. The molecule has 5 nitrogen and oxygen atoms in total. The minimum absolute atomic E-state index is 0.164. The standard InChI is InChI=1S/C20H16ClN3O2/c1-12-19(14-5-9-16(26-2)10-6-14)20-22-17(11-18(25)24(20)23-12)13-3-7-15(21)8-4-13/h3-11,23H,1-2H3. The average Bonchev–Trinajstić information content (AvgIpc) is 2.99. The van der Waals surface area contributed by atoms with Crippen LogP contribution < -0.4 is 10.3 Å². The molecule has 0 saturated carbocycles. The van der Waals surface area contributed by atoms with E-state index in [0.717, 1.165) is 28.1 Å². The van der Waals surface area contributed by atoms with Crippen LogP contribution in [-0.4, -0.2) is 21.7 Å². The van der Waals surface area contributed by atoms with Gasteiger partial charge in [-0.3, -0.25) is 9.89 Å². The smallest absolute Gasteiger partial charge is 0.273 e. The van der Waals surface area contributed by atoms with Crippen LogP contribution in [0.4, 0.5) is 0 Å². The normalized spacial score (nSPS) is 11.0. The lowest BCUT2D eigenvalue weighted by Gasteiger charge is -2.05. The average molecular weight is 366 g/mol. The van der Waals surface area contributed by atoms with Crippen molar-refractivity contribution < 1.29 is 4.74 Å². The van der Waals surface area contributed by atoms with Gasteiger partial charge < -0.3 is 4.74 Å². The van der Waals surface area contributed by atoms with E-state index in [2.05, 4.69) is 5.10 Å². The molecule has 4 aromatic rings. The molecule has 0 aliphatic heterocycles. The number of nitrogens with zero attached hydrogens (tertiary/aromatic N) is 2. The number of aryl methyl sites for hydroxylation is 1. The highest BCUT2D eigenvalue weighted by atomic mass is 35.5. The number of methoxy groups -OCH3 is 1. The van der Waals surface area contributed by atoms with Gasteiger partial charge in [-0.1, -0.05) is 35.9 Å². The number of nitrogens with one attached hydrogen (secondary N) is 1. The van der Waals surface area contributed by atoms with Crippen LogP contribution in [0.1, 0.15) is 5.69 Å². The van der Waals surface area contributed by atoms with Crippen molar-refractivity contribution >= 4 is 17.2 Å². The van der Waals surface area contributed by atoms with Gasteiger partial charge in [0.25, 0.3) is 5.56 Å². The number of rotatable bonds is 3. The Morgan fingerprint density at radius 3 is 2.35 bits per heavy atom. The van der Waals surface area contributed by atoms with Crippen LogP contribution in [0, 0.1) is 6.92 Å². The molecule has 4 rings (SSSR count). The van der Waals surface area contributed by atoms with Crippen LogP contribution in [0.3, 0.4) is 0 Å². The Kier molecular flexibility index (Phi) is 4.01. The minimum Gasteiger partial charge on any atom is -0.497 e. The molecule has 0 bridgehead atoms. The van der Waals surface area contributed by atoms with Crippen molar-refractivity contribution in [3.05, 3.63) is 75.7 Å². The summed E-state index contributed by atoms with van der Waals surface area (Å²) in [6.45, 7) is 1.93. The molecule has 6 heteroatoms. The number of ether oxygens (including phenoxy) is 1. The van der Waals surface area contributed by atoms with Gasteiger partial charge in [-0.15, -0.1) is 0 Å². The second-order valence-electron chi connectivity index (χ2n) is 5.99. The van der Waals surface area contributed by atoms with Crippen LogP contribution in [-0.2, 0) is 0 Å². The Labute approximate surface area is 154 Å². The quantitative estimate of drug-likeness (QED) is 0.588. The van der Waals surface area contributed by atoms with Crippen LogP contribution in [0.15, 0.2) is 59.4 Å². The summed E-state index contributed by atoms with van der Waals surface area (Å²) in [5.41, 5.74) is 4.60. The van der Waals surface area contributed by atoms with Gasteiger partial charge in [0, 0.05) is 27.9 Å². The molecule has 0 amide bonds. The Morgan fingerprint density at radius 1 is 1.04 bits per heavy atom. The SMILES string of the molecule is COc1ccc(-c2c(C)[nH]n3c(=O)cc(-c4ccc(Cl)cc4)nc23)cc1. The fraction of sp³-hybridized carbons (Fsp3) is 0.100. The molecular weight excluding hydrogens is 350 g/mol. The largest absolute Gasteiger partial charge is 0.497 e. The summed E-state index contributed by atoms with van der Waals surface area (Å²) in [6, 6.07) is 16.5. The van der Waals surface area contributed by atoms with Crippen LogP contribution in [0.5, 0.6) is 5.75 Å². The molecular formula is C20H16ClN3O2. The second kappa shape index (κ2) is 6.35. The fourth-order valence-corrected chi connectivity index (χ4v) is 3.15. The molecule has 2 heterocycles. The van der Waals surface area contributed by atoms with Crippen molar-refractivity contribution in [1.29, 1.82) is 0 Å². The van der Waals surface area contributed by atoms with Gasteiger partial charge in [0.05, 0.1) is 12.8 Å². The van der Waals surface area contributed by atoms with Crippen LogP contribution in [0.2, 0.25) is 5.02 Å². The molecule has 0 saturated heterocycles. The predicted octanol–water partition coefficient (Wildman–Crippen LogP) is 4.33. The maximum absolute atomic E-state index is 12.6. The van der Waals surface area contributed by atoms with Gasteiger partial charge >= 0.3 is 0 Å². The summed E-state index contributed by atoms with van der Waals surface area (Å²) in [4.78, 5) is 17.3. The molecule has 0 fully saturated rings. The summed E-state index contributed by atoms with van der Waals surface area (Å²) in [6.07, 6.45) is 0. The zero-order valence-electron chi connectivity index (χ0n) is 14.3. The highest BCUT2D eigenvalue weighted by molar-refractivity contribution is 6.30. The van der Waals surface area contributed by atoms with E-state index in [1.165, 1.54) is 10.6 Å². The highest BCUT2D eigenvalue weighted by Crippen LogP contribution is 2.29. The van der Waals surface area contributed by atoms with Crippen molar-refractivity contribution in [2.24, 2.45) is 0 Å². The van der Waals surface area contributed by atoms with Crippen LogP contribution in [0.25, 0.3) is 28.0 Å². The number of H-pyrrole nitrogens is 1. The summed E-state index contributed by atoms with van der Waals surface area (Å²) in [7, 11) is 1.63. The molecule has 0 unspecified atom stereocenters. The third-order valence-electron chi connectivity index (χ3n) is 4.32. The topological polar surface area (TPSA) is 59.4 Å². The van der Waals surface area contributed by atoms with Gasteiger partial charge in [0.1, 0.15) is 5.75 Å². The Morgan fingerprint density at radius 2 is 1.69 bits per heavy atom. The van der Waals surface area contributed by atoms with E-state index in [1.54, 1.807) is 19.2 Å². The van der Waals surface area contributed by atoms with Gasteiger partial charge in [0.15, 0.2) is 5.65 Å². The monoisotopic (exact) mass is 365 g/mol. The zero-order chi connectivity index (χ0) is 18.3. The van der Waals surface area contributed by atoms with Crippen molar-refractivity contribution in [2.45, 2.75) is 6.92 Å². The van der Waals surface area contributed by atoms with Gasteiger partial charge in [-0.05, 0) is 36.8 Å². The van der Waals surface area contributed by atoms with E-state index in [0.29, 0.717) is 16.4 Å². The van der Waals surface area contributed by atoms with Gasteiger partial charge in [-0.2, -0.15) is 0 Å². The molecule has 0 spiro atoms. The molecule has 130 valence electrons. The van der Waals surface area contributed by atoms with E-state index in [1.807, 2.05) is 43.3 Å². The third kappa shape index (κ3) is 2.76. The first-order valence-electron chi connectivity index (χ1n) is 8.09. The maximum atomic E-state index is 12.6. The van der Waals surface area contributed by atoms with E-state index < -0.39 is 0 Å². The second-order valence-corrected chi connectivity index (χ2v) is 6.42. The number of halogens is 1. The molecule has 0 radical (unpaired) electrons. The first kappa shape index (κ1) is 16.4. The molecule has 1 N–H and O–H groups in total. The lowest BCUT2D eigenvalue weighted by molar-refractivity contribution is 0.415. The number of hydrogen-bond acceptors (Lipinski definition) is 3. The van der Waals surface area contributed by atoms with Gasteiger partial charge in [-0.25, -0.2) is 9.50 Å². The van der Waals surface area contributed by atoms with Crippen LogP contribution >= 0.6 is 11.6 Å². The first-order chi connectivity index (χ1) is 12.6. The molecule has 0 aliphatic carbocycles. The summed E-state index contributed by atoms with van der Waals surface area (Å²) < 4.78 is 6.69. The van der Waals surface area contributed by atoms with Crippen molar-refractivity contribution in [3.8, 4) is 28.1 Å². The van der Waals surface area contributed by atoms with Crippen molar-refractivity contribution in [2.75, 3.05) is 7.11 Å². The van der Waals surface area contributed by atoms with Gasteiger partial charge in [0.2, 0.25) is 0 Å². The summed E-state index contributed by atoms with van der Waals surface area (Å²) >= 11 is 5.96. The predicted molar refractivity (Wildman–Crippen MR) is 103 cm³/mol. The van der Waals surface area contributed by atoms with Crippen molar-refractivity contribution in [3.63, 3.8) is 0 Å². The number of fused-ring (bicyclic) bond motifs is 1. The van der Waals surface area contributed by atoms with E-state index in [9.17, 15) is 4.79 Å². The number of benzene rings is 2. The highest BCUT2D eigenvalue weighted by Gasteiger charge is 2.15. The minimum atomic E-state index is -0.164. The Bertz CT molecular complexity index is 1140. The number of hydrogen-bond donors (Lipinski definition) is 1. The fourth-order valence-electron chi connectivity index (χ4n) is 3.02. The lowest BCUT2D eigenvalue weighted by atomic mass is 10.1. The lowest BCUT2D eigenvalue weighted by Crippen LogP contribution is -2.14. The molecule has 2 aromatic heterocycles. The third-order valence-corrected chi connectivity index (χ3v) is 4.57.